The average molecular weight is 391 g/mol. The fourth-order valence-corrected chi connectivity index (χ4v) is 3.46. The second kappa shape index (κ2) is 10.6. The largest absolute Gasteiger partial charge is 0.481 e. The standard InChI is InChI=1S/C19H22NO6P/c21-17(22)11-12-20-18(23)16(13-14-7-3-1-4-8-14)26-27(25)19(24)15-9-5-2-6-10-15/h1-10,16,19,24,27H,11-13H2,(H,20,23)(H,21,22)/t16?,19-/m0/s1. The molecule has 0 heterocycles. The van der Waals surface area contributed by atoms with Gasteiger partial charge in [-0.05, 0) is 11.1 Å². The Kier molecular flexibility index (Phi) is 8.20. The first-order valence-electron chi connectivity index (χ1n) is 8.44. The van der Waals surface area contributed by atoms with E-state index in [1.54, 1.807) is 54.6 Å². The molecule has 0 radical (unpaired) electrons. The van der Waals surface area contributed by atoms with Crippen molar-refractivity contribution in [2.75, 3.05) is 6.54 Å². The van der Waals surface area contributed by atoms with E-state index in [9.17, 15) is 19.3 Å². The molecule has 27 heavy (non-hydrogen) atoms. The number of amides is 1. The maximum Gasteiger partial charge on any atom is 0.305 e. The molecule has 2 rings (SSSR count). The lowest BCUT2D eigenvalue weighted by Gasteiger charge is -2.19. The van der Waals surface area contributed by atoms with Crippen LogP contribution in [0.5, 0.6) is 0 Å². The Bertz CT molecular complexity index is 768. The summed E-state index contributed by atoms with van der Waals surface area (Å²) >= 11 is 0. The van der Waals surface area contributed by atoms with E-state index in [2.05, 4.69) is 5.32 Å². The highest BCUT2D eigenvalue weighted by Crippen LogP contribution is 2.41. The number of carbonyl (C=O) groups is 2. The second-order valence-electron chi connectivity index (χ2n) is 5.86. The van der Waals surface area contributed by atoms with Crippen molar-refractivity contribution in [3.63, 3.8) is 0 Å². The number of hydrogen-bond acceptors (Lipinski definition) is 5. The lowest BCUT2D eigenvalue weighted by molar-refractivity contribution is -0.137. The first-order valence-corrected chi connectivity index (χ1v) is 9.83. The van der Waals surface area contributed by atoms with Crippen molar-refractivity contribution in [2.24, 2.45) is 0 Å². The number of hydrogen-bond donors (Lipinski definition) is 3. The number of aliphatic carboxylic acids is 1. The van der Waals surface area contributed by atoms with E-state index in [4.69, 9.17) is 9.63 Å². The summed E-state index contributed by atoms with van der Waals surface area (Å²) in [5.74, 6) is -2.94. The van der Waals surface area contributed by atoms with Crippen LogP contribution in [0.15, 0.2) is 60.7 Å². The van der Waals surface area contributed by atoms with E-state index in [1.165, 1.54) is 0 Å². The molecule has 3 atom stereocenters. The Balaban J connectivity index is 2.07. The highest BCUT2D eigenvalue weighted by molar-refractivity contribution is 7.39. The lowest BCUT2D eigenvalue weighted by Crippen LogP contribution is -2.38. The van der Waals surface area contributed by atoms with Gasteiger partial charge in [0, 0.05) is 13.0 Å². The van der Waals surface area contributed by atoms with Gasteiger partial charge in [-0.3, -0.25) is 14.2 Å². The summed E-state index contributed by atoms with van der Waals surface area (Å²) in [6, 6.07) is 17.4. The molecule has 0 aromatic heterocycles. The van der Waals surface area contributed by atoms with E-state index in [0.29, 0.717) is 5.56 Å². The van der Waals surface area contributed by atoms with Gasteiger partial charge in [0.1, 0.15) is 6.10 Å². The van der Waals surface area contributed by atoms with Crippen LogP contribution in [0.2, 0.25) is 0 Å². The molecule has 8 heteroatoms. The van der Waals surface area contributed by atoms with Crippen LogP contribution in [0.3, 0.4) is 0 Å². The molecule has 0 aliphatic carbocycles. The molecule has 3 N–H and O–H groups in total. The number of carboxylic acid groups (broad SMARTS) is 1. The van der Waals surface area contributed by atoms with E-state index >= 15 is 0 Å². The van der Waals surface area contributed by atoms with Crippen molar-refractivity contribution in [1.82, 2.24) is 5.32 Å². The highest BCUT2D eigenvalue weighted by atomic mass is 31.1. The van der Waals surface area contributed by atoms with Gasteiger partial charge in [0.05, 0.1) is 6.42 Å². The predicted octanol–water partition coefficient (Wildman–Crippen LogP) is 2.37. The highest BCUT2D eigenvalue weighted by Gasteiger charge is 2.26. The summed E-state index contributed by atoms with van der Waals surface area (Å²) in [7, 11) is -2.99. The monoisotopic (exact) mass is 391 g/mol. The van der Waals surface area contributed by atoms with Crippen LogP contribution >= 0.6 is 8.03 Å². The molecule has 2 unspecified atom stereocenters. The molecule has 2 aromatic carbocycles. The van der Waals surface area contributed by atoms with Gasteiger partial charge in [-0.1, -0.05) is 60.7 Å². The number of aliphatic hydroxyl groups excluding tert-OH is 1. The zero-order valence-corrected chi connectivity index (χ0v) is 15.6. The van der Waals surface area contributed by atoms with Crippen molar-refractivity contribution < 1.29 is 28.9 Å². The third-order valence-electron chi connectivity index (χ3n) is 3.79. The Labute approximate surface area is 157 Å². The summed E-state index contributed by atoms with van der Waals surface area (Å²) in [6.45, 7) is -0.0645. The minimum Gasteiger partial charge on any atom is -0.481 e. The third-order valence-corrected chi connectivity index (χ3v) is 5.09. The number of nitrogens with one attached hydrogen (secondary N) is 1. The zero-order chi connectivity index (χ0) is 19.6. The van der Waals surface area contributed by atoms with Crippen LogP contribution in [0.25, 0.3) is 0 Å². The molecular formula is C19H22NO6P. The SMILES string of the molecule is O=C(O)CCNC(=O)C(Cc1ccccc1)O[PH](=O)[C@H](O)c1ccccc1. The van der Waals surface area contributed by atoms with Gasteiger partial charge in [0.25, 0.3) is 0 Å². The lowest BCUT2D eigenvalue weighted by atomic mass is 10.1. The van der Waals surface area contributed by atoms with Gasteiger partial charge in [0.2, 0.25) is 13.9 Å². The van der Waals surface area contributed by atoms with Gasteiger partial charge in [-0.15, -0.1) is 0 Å². The molecule has 7 nitrogen and oxygen atoms in total. The summed E-state index contributed by atoms with van der Waals surface area (Å²) in [4.78, 5) is 23.0. The van der Waals surface area contributed by atoms with Crippen LogP contribution in [-0.2, 0) is 25.1 Å². The normalized spacial score (nSPS) is 14.1. The van der Waals surface area contributed by atoms with Gasteiger partial charge >= 0.3 is 5.97 Å². The van der Waals surface area contributed by atoms with Crippen molar-refractivity contribution in [3.8, 4) is 0 Å². The summed E-state index contributed by atoms with van der Waals surface area (Å²) in [6.07, 6.45) is -1.19. The molecule has 0 aliphatic rings. The first kappa shape index (κ1) is 20.8. The molecule has 0 fully saturated rings. The molecule has 0 aliphatic heterocycles. The minimum absolute atomic E-state index is 0.0645. The summed E-state index contributed by atoms with van der Waals surface area (Å²) in [5, 5.41) is 21.4. The van der Waals surface area contributed by atoms with Crippen LogP contribution in [-0.4, -0.2) is 34.7 Å². The Morgan fingerprint density at radius 2 is 1.63 bits per heavy atom. The molecule has 1 amide bonds. The molecule has 0 spiro atoms. The molecule has 0 saturated heterocycles. The minimum atomic E-state index is -2.99. The van der Waals surface area contributed by atoms with Crippen LogP contribution in [0, 0.1) is 0 Å². The van der Waals surface area contributed by atoms with E-state index in [1.807, 2.05) is 6.07 Å². The maximum absolute atomic E-state index is 12.5. The fraction of sp³-hybridized carbons (Fsp3) is 0.263. The topological polar surface area (TPSA) is 113 Å². The quantitative estimate of drug-likeness (QED) is 0.536. The van der Waals surface area contributed by atoms with Gasteiger partial charge in [0.15, 0.2) is 5.85 Å². The molecule has 2 aromatic rings. The van der Waals surface area contributed by atoms with Gasteiger partial charge in [-0.2, -0.15) is 0 Å². The predicted molar refractivity (Wildman–Crippen MR) is 101 cm³/mol. The third kappa shape index (κ3) is 6.98. The Morgan fingerprint density at radius 3 is 2.22 bits per heavy atom. The van der Waals surface area contributed by atoms with Crippen molar-refractivity contribution in [3.05, 3.63) is 71.8 Å². The van der Waals surface area contributed by atoms with Gasteiger partial charge in [-0.25, -0.2) is 0 Å². The maximum atomic E-state index is 12.5. The average Bonchev–Trinajstić information content (AvgIpc) is 2.68. The van der Waals surface area contributed by atoms with Crippen LogP contribution in [0.1, 0.15) is 23.4 Å². The van der Waals surface area contributed by atoms with Crippen molar-refractivity contribution in [2.45, 2.75) is 24.8 Å². The zero-order valence-electron chi connectivity index (χ0n) is 14.6. The molecule has 0 saturated carbocycles. The van der Waals surface area contributed by atoms with Crippen molar-refractivity contribution in [1.29, 1.82) is 0 Å². The Hall–Kier alpha value is -2.47. The van der Waals surface area contributed by atoms with Crippen molar-refractivity contribution >= 4 is 19.9 Å². The number of benzene rings is 2. The van der Waals surface area contributed by atoms with E-state index in [-0.39, 0.29) is 19.4 Å². The number of rotatable bonds is 10. The number of carbonyl (C=O) groups excluding carboxylic acids is 1. The van der Waals surface area contributed by atoms with Crippen LogP contribution < -0.4 is 5.32 Å². The van der Waals surface area contributed by atoms with E-state index < -0.39 is 31.9 Å². The molecule has 144 valence electrons. The summed E-state index contributed by atoms with van der Waals surface area (Å²) < 4.78 is 17.9. The fourth-order valence-electron chi connectivity index (χ4n) is 2.40. The molecule has 0 bridgehead atoms. The summed E-state index contributed by atoms with van der Waals surface area (Å²) in [5.41, 5.74) is 1.23. The number of aliphatic hydroxyl groups is 1. The van der Waals surface area contributed by atoms with Gasteiger partial charge < -0.3 is 20.1 Å². The Morgan fingerprint density at radius 1 is 1.04 bits per heavy atom. The van der Waals surface area contributed by atoms with E-state index in [0.717, 1.165) is 5.56 Å². The van der Waals surface area contributed by atoms with Crippen LogP contribution in [0.4, 0.5) is 0 Å². The smallest absolute Gasteiger partial charge is 0.305 e. The molecular weight excluding hydrogens is 369 g/mol. The second-order valence-corrected chi connectivity index (χ2v) is 7.28. The number of carboxylic acids is 1. The first-order chi connectivity index (χ1) is 13.0.